The van der Waals surface area contributed by atoms with E-state index in [0.717, 1.165) is 61.8 Å². The summed E-state index contributed by atoms with van der Waals surface area (Å²) in [6, 6.07) is 26.0. The first-order chi connectivity index (χ1) is 21.1. The lowest BCUT2D eigenvalue weighted by Crippen LogP contribution is -2.05. The van der Waals surface area contributed by atoms with E-state index in [4.69, 9.17) is 14.2 Å². The van der Waals surface area contributed by atoms with Gasteiger partial charge in [-0.2, -0.15) is 5.11 Å². The van der Waals surface area contributed by atoms with Crippen molar-refractivity contribution in [2.45, 2.75) is 25.7 Å². The number of hydrogen-bond acceptors (Lipinski definition) is 7. The number of benzene rings is 4. The van der Waals surface area contributed by atoms with Crippen LogP contribution in [0.1, 0.15) is 44.5 Å². The maximum atomic E-state index is 11.7. The van der Waals surface area contributed by atoms with Crippen LogP contribution in [0.5, 0.6) is 23.0 Å². The van der Waals surface area contributed by atoms with Crippen molar-refractivity contribution in [3.63, 3.8) is 0 Å². The monoisotopic (exact) mass is 571 g/mol. The number of pyridine rings is 1. The van der Waals surface area contributed by atoms with Crippen molar-refractivity contribution in [2.75, 3.05) is 21.3 Å². The fraction of sp³-hybridized carbons (Fsp3) is 0.194. The van der Waals surface area contributed by atoms with Gasteiger partial charge in [0.2, 0.25) is 0 Å². The number of phenolic OH excluding ortho intramolecular Hbond substituents is 1. The third kappa shape index (κ3) is 5.79. The number of para-hydroxylation sites is 3. The lowest BCUT2D eigenvalue weighted by atomic mass is 9.91. The predicted molar refractivity (Wildman–Crippen MR) is 167 cm³/mol. The van der Waals surface area contributed by atoms with Gasteiger partial charge in [0.05, 0.1) is 33.2 Å². The van der Waals surface area contributed by atoms with Gasteiger partial charge in [0.1, 0.15) is 28.7 Å². The number of fused-ring (bicyclic) bond motifs is 8. The standard InChI is InChI=1S/C36H33N3O4/c1-41-34-23-8-4-9-24(34)17-26-11-6-13-28(36(26)43-3)19-30-21-32(39-38-31-14-7-15-37-22-31)20-29(33(30)40)18-27-12-5-10-25(16-23)35(27)42-2/h4-15,20-22,40H,16-19H2,1-3H3. The predicted octanol–water partition coefficient (Wildman–Crippen LogP) is 7.91. The Labute approximate surface area is 251 Å². The van der Waals surface area contributed by atoms with Gasteiger partial charge < -0.3 is 19.3 Å². The maximum absolute atomic E-state index is 11.7. The first-order valence-electron chi connectivity index (χ1n) is 14.2. The Hall–Kier alpha value is -5.17. The first kappa shape index (κ1) is 28.0. The van der Waals surface area contributed by atoms with Crippen molar-refractivity contribution in [3.8, 4) is 23.0 Å². The molecule has 7 heteroatoms. The molecule has 1 heterocycles. The molecule has 43 heavy (non-hydrogen) atoms. The molecule has 6 rings (SSSR count). The smallest absolute Gasteiger partial charge is 0.125 e. The molecule has 7 nitrogen and oxygen atoms in total. The molecular weight excluding hydrogens is 538 g/mol. The summed E-state index contributed by atoms with van der Waals surface area (Å²) >= 11 is 0. The molecule has 1 N–H and O–H groups in total. The first-order valence-corrected chi connectivity index (χ1v) is 14.2. The van der Waals surface area contributed by atoms with E-state index >= 15 is 0 Å². The van der Waals surface area contributed by atoms with E-state index in [2.05, 4.69) is 45.5 Å². The third-order valence-corrected chi connectivity index (χ3v) is 7.85. The summed E-state index contributed by atoms with van der Waals surface area (Å²) in [5.41, 5.74) is 8.89. The molecule has 1 aliphatic carbocycles. The molecule has 8 bridgehead atoms. The topological polar surface area (TPSA) is 85.5 Å². The Balaban J connectivity index is 1.56. The number of hydrogen-bond donors (Lipinski definition) is 1. The van der Waals surface area contributed by atoms with Gasteiger partial charge in [0, 0.05) is 43.0 Å². The average molecular weight is 572 g/mol. The molecule has 0 unspecified atom stereocenters. The fourth-order valence-corrected chi connectivity index (χ4v) is 5.95. The van der Waals surface area contributed by atoms with Crippen LogP contribution in [0.2, 0.25) is 0 Å². The quantitative estimate of drug-likeness (QED) is 0.213. The third-order valence-electron chi connectivity index (χ3n) is 7.85. The lowest BCUT2D eigenvalue weighted by molar-refractivity contribution is 0.398. The van der Waals surface area contributed by atoms with Gasteiger partial charge in [-0.25, -0.2) is 0 Å². The van der Waals surface area contributed by atoms with Crippen molar-refractivity contribution in [1.82, 2.24) is 4.98 Å². The Morgan fingerprint density at radius 2 is 0.930 bits per heavy atom. The van der Waals surface area contributed by atoms with Crippen molar-refractivity contribution < 1.29 is 19.3 Å². The second-order valence-corrected chi connectivity index (χ2v) is 10.6. The molecule has 0 fully saturated rings. The summed E-state index contributed by atoms with van der Waals surface area (Å²) in [6.45, 7) is 0. The highest BCUT2D eigenvalue weighted by molar-refractivity contribution is 5.59. The number of azo groups is 1. The van der Waals surface area contributed by atoms with Crippen LogP contribution < -0.4 is 14.2 Å². The van der Waals surface area contributed by atoms with E-state index in [-0.39, 0.29) is 5.75 Å². The van der Waals surface area contributed by atoms with Gasteiger partial charge >= 0.3 is 0 Å². The fourth-order valence-electron chi connectivity index (χ4n) is 5.95. The molecule has 5 aromatic rings. The molecule has 4 aromatic carbocycles. The zero-order valence-corrected chi connectivity index (χ0v) is 24.5. The number of aromatic nitrogens is 1. The Morgan fingerprint density at radius 1 is 0.535 bits per heavy atom. The number of aromatic hydroxyl groups is 1. The zero-order chi connectivity index (χ0) is 29.8. The minimum atomic E-state index is 0.222. The van der Waals surface area contributed by atoms with Crippen molar-refractivity contribution in [2.24, 2.45) is 10.2 Å². The van der Waals surface area contributed by atoms with Gasteiger partial charge in [0.25, 0.3) is 0 Å². The van der Waals surface area contributed by atoms with Gasteiger partial charge in [0.15, 0.2) is 0 Å². The highest BCUT2D eigenvalue weighted by Gasteiger charge is 2.20. The normalized spacial score (nSPS) is 12.6. The average Bonchev–Trinajstić information content (AvgIpc) is 3.02. The van der Waals surface area contributed by atoms with Crippen LogP contribution in [0.25, 0.3) is 0 Å². The van der Waals surface area contributed by atoms with Crippen molar-refractivity contribution in [3.05, 3.63) is 136 Å². The molecule has 0 atom stereocenters. The summed E-state index contributed by atoms with van der Waals surface area (Å²) in [7, 11) is 5.11. The molecule has 216 valence electrons. The van der Waals surface area contributed by atoms with Crippen molar-refractivity contribution >= 4 is 11.4 Å². The SMILES string of the molecule is COc1c2cccc1Cc1cccc(c1OC)Cc1cccc(c1OC)Cc1cc(N=Nc3cccnc3)cc(c1O)C2. The summed E-state index contributed by atoms with van der Waals surface area (Å²) in [6.07, 6.45) is 5.50. The van der Waals surface area contributed by atoms with Gasteiger partial charge in [-0.3, -0.25) is 4.98 Å². The van der Waals surface area contributed by atoms with E-state index in [1.807, 2.05) is 48.5 Å². The molecule has 0 radical (unpaired) electrons. The highest BCUT2D eigenvalue weighted by atomic mass is 16.5. The van der Waals surface area contributed by atoms with E-state index in [1.165, 1.54) is 0 Å². The molecule has 0 amide bonds. The van der Waals surface area contributed by atoms with Gasteiger partial charge in [-0.1, -0.05) is 54.6 Å². The molecule has 0 saturated carbocycles. The second kappa shape index (κ2) is 12.4. The largest absolute Gasteiger partial charge is 0.507 e. The number of ether oxygens (including phenoxy) is 3. The molecule has 0 saturated heterocycles. The van der Waals surface area contributed by atoms with Gasteiger partial charge in [-0.05, 0) is 57.6 Å². The summed E-state index contributed by atoms with van der Waals surface area (Å²) in [5.74, 6) is 2.66. The minimum absolute atomic E-state index is 0.222. The Morgan fingerprint density at radius 3 is 1.30 bits per heavy atom. The van der Waals surface area contributed by atoms with Crippen LogP contribution in [0.4, 0.5) is 11.4 Å². The summed E-state index contributed by atoms with van der Waals surface area (Å²) < 4.78 is 18.0. The zero-order valence-electron chi connectivity index (χ0n) is 24.5. The summed E-state index contributed by atoms with van der Waals surface area (Å²) in [4.78, 5) is 4.13. The Kier molecular flexibility index (Phi) is 8.05. The molecule has 1 aliphatic rings. The van der Waals surface area contributed by atoms with Crippen LogP contribution in [0.15, 0.2) is 101 Å². The Bertz CT molecular complexity index is 1700. The summed E-state index contributed by atoms with van der Waals surface area (Å²) in [5, 5.41) is 20.6. The molecular formula is C36H33N3O4. The van der Waals surface area contributed by atoms with Crippen LogP contribution in [-0.2, 0) is 25.7 Å². The van der Waals surface area contributed by atoms with E-state index in [0.29, 0.717) is 37.1 Å². The molecule has 0 spiro atoms. The molecule has 0 aliphatic heterocycles. The van der Waals surface area contributed by atoms with Crippen molar-refractivity contribution in [1.29, 1.82) is 0 Å². The second-order valence-electron chi connectivity index (χ2n) is 10.6. The minimum Gasteiger partial charge on any atom is -0.507 e. The van der Waals surface area contributed by atoms with Crippen LogP contribution in [0.3, 0.4) is 0 Å². The number of methoxy groups -OCH3 is 3. The highest BCUT2D eigenvalue weighted by Crippen LogP contribution is 2.39. The maximum Gasteiger partial charge on any atom is 0.125 e. The van der Waals surface area contributed by atoms with Crippen LogP contribution >= 0.6 is 0 Å². The number of nitrogens with zero attached hydrogens (tertiary/aromatic N) is 3. The van der Waals surface area contributed by atoms with E-state index < -0.39 is 0 Å². The van der Waals surface area contributed by atoms with E-state index in [1.54, 1.807) is 33.7 Å². The van der Waals surface area contributed by atoms with E-state index in [9.17, 15) is 5.11 Å². The lowest BCUT2D eigenvalue weighted by Gasteiger charge is -2.20. The van der Waals surface area contributed by atoms with Gasteiger partial charge in [-0.15, -0.1) is 5.11 Å². The van der Waals surface area contributed by atoms with Crippen LogP contribution in [-0.4, -0.2) is 31.4 Å². The number of rotatable bonds is 5. The number of phenols is 1. The van der Waals surface area contributed by atoms with Crippen LogP contribution in [0, 0.1) is 0 Å². The molecule has 1 aromatic heterocycles.